The van der Waals surface area contributed by atoms with Crippen LogP contribution in [0, 0.1) is 11.3 Å². The summed E-state index contributed by atoms with van der Waals surface area (Å²) in [6.45, 7) is 0. The van der Waals surface area contributed by atoms with Gasteiger partial charge in [-0.3, -0.25) is 4.79 Å². The summed E-state index contributed by atoms with van der Waals surface area (Å²) in [5, 5.41) is 24.6. The number of carbonyl (C=O) groups excluding carboxylic acids is 2. The highest BCUT2D eigenvalue weighted by Gasteiger charge is 2.35. The Morgan fingerprint density at radius 2 is 1.91 bits per heavy atom. The smallest absolute Gasteiger partial charge is 0.338 e. The van der Waals surface area contributed by atoms with Crippen LogP contribution in [0.2, 0.25) is 0 Å². The molecule has 9 nitrogen and oxygen atoms in total. The van der Waals surface area contributed by atoms with E-state index in [2.05, 4.69) is 5.10 Å². The zero-order chi connectivity index (χ0) is 23.4. The average Bonchev–Trinajstić information content (AvgIpc) is 3.39. The summed E-state index contributed by atoms with van der Waals surface area (Å²) in [6, 6.07) is 11.0. The average molecular weight is 450 g/mol. The number of anilines is 2. The molecule has 1 amide bonds. The lowest BCUT2D eigenvalue weighted by atomic mass is 10.0. The number of nitriles is 1. The number of carboxylic acid groups (broad SMARTS) is 1. The number of hydrogen-bond acceptors (Lipinski definition) is 8. The minimum absolute atomic E-state index is 0.0341. The minimum atomic E-state index is -1.12. The predicted molar refractivity (Wildman–Crippen MR) is 121 cm³/mol. The van der Waals surface area contributed by atoms with Crippen LogP contribution >= 0.6 is 11.3 Å². The molecule has 1 aliphatic rings. The Labute approximate surface area is 187 Å². The summed E-state index contributed by atoms with van der Waals surface area (Å²) in [5.74, 6) is -2.61. The summed E-state index contributed by atoms with van der Waals surface area (Å²) in [5.41, 5.74) is -0.260. The number of amides is 1. The van der Waals surface area contributed by atoms with E-state index in [0.29, 0.717) is 0 Å². The first-order chi connectivity index (χ1) is 15.3. The molecule has 162 valence electrons. The third kappa shape index (κ3) is 4.43. The molecule has 1 aromatic heterocycles. The van der Waals surface area contributed by atoms with Crippen LogP contribution in [0.4, 0.5) is 10.7 Å². The van der Waals surface area contributed by atoms with Crippen molar-refractivity contribution in [3.63, 3.8) is 0 Å². The summed E-state index contributed by atoms with van der Waals surface area (Å²) in [6.07, 6.45) is 3.08. The number of benzene rings is 1. The molecule has 0 atom stereocenters. The molecule has 1 aromatic carbocycles. The third-order valence-corrected chi connectivity index (χ3v) is 5.67. The molecule has 0 aliphatic carbocycles. The van der Waals surface area contributed by atoms with Crippen LogP contribution in [0.25, 0.3) is 6.08 Å². The number of methoxy groups -OCH3 is 1. The largest absolute Gasteiger partial charge is 0.478 e. The standard InChI is InChI=1S/C22H18N4O5S/c1-25(2)18-11-9-15(32-18)8-10-16(22(30)31-3)19-17(12-23)24-26(20(19)27)14-6-4-13(5-7-14)21(28)29/h4-11H,1-3H3,(H,28,29)/b10-8+,19-16+. The number of carbonyl (C=O) groups is 3. The van der Waals surface area contributed by atoms with Crippen molar-refractivity contribution >= 4 is 51.7 Å². The molecule has 0 saturated heterocycles. The lowest BCUT2D eigenvalue weighted by Crippen LogP contribution is -2.23. The highest BCUT2D eigenvalue weighted by Crippen LogP contribution is 2.29. The monoisotopic (exact) mass is 450 g/mol. The summed E-state index contributed by atoms with van der Waals surface area (Å²) >= 11 is 1.48. The fourth-order valence-electron chi connectivity index (χ4n) is 2.84. The van der Waals surface area contributed by atoms with Crippen LogP contribution in [0.5, 0.6) is 0 Å². The molecule has 3 rings (SSSR count). The van der Waals surface area contributed by atoms with Gasteiger partial charge in [-0.05, 0) is 48.6 Å². The second kappa shape index (κ2) is 9.28. The molecule has 0 fully saturated rings. The Bertz CT molecular complexity index is 1220. The fraction of sp³-hybridized carbons (Fsp3) is 0.136. The number of ether oxygens (including phenoxy) is 1. The molecule has 10 heteroatoms. The highest BCUT2D eigenvalue weighted by atomic mass is 32.1. The van der Waals surface area contributed by atoms with Gasteiger partial charge in [0, 0.05) is 19.0 Å². The molecule has 0 spiro atoms. The molecule has 0 radical (unpaired) electrons. The topological polar surface area (TPSA) is 123 Å². The van der Waals surface area contributed by atoms with Gasteiger partial charge in [-0.15, -0.1) is 11.3 Å². The van der Waals surface area contributed by atoms with Crippen molar-refractivity contribution in [1.29, 1.82) is 5.26 Å². The third-order valence-electron chi connectivity index (χ3n) is 4.45. The maximum atomic E-state index is 13.1. The number of carboxylic acids is 1. The van der Waals surface area contributed by atoms with Crippen LogP contribution in [-0.2, 0) is 14.3 Å². The van der Waals surface area contributed by atoms with Crippen LogP contribution in [0.15, 0.2) is 58.7 Å². The van der Waals surface area contributed by atoms with Crippen LogP contribution in [-0.4, -0.2) is 49.9 Å². The predicted octanol–water partition coefficient (Wildman–Crippen LogP) is 2.92. The number of hydrogen-bond donors (Lipinski definition) is 1. The van der Waals surface area contributed by atoms with Crippen molar-refractivity contribution in [3.05, 3.63) is 64.1 Å². The second-order valence-corrected chi connectivity index (χ2v) is 7.81. The Kier molecular flexibility index (Phi) is 6.51. The summed E-state index contributed by atoms with van der Waals surface area (Å²) in [4.78, 5) is 39.4. The Morgan fingerprint density at radius 3 is 2.44 bits per heavy atom. The fourth-order valence-corrected chi connectivity index (χ4v) is 3.68. The quantitative estimate of drug-likeness (QED) is 0.530. The van der Waals surface area contributed by atoms with Crippen molar-refractivity contribution in [2.75, 3.05) is 31.1 Å². The van der Waals surface area contributed by atoms with Crippen LogP contribution in [0.1, 0.15) is 15.2 Å². The Morgan fingerprint density at radius 1 is 1.22 bits per heavy atom. The van der Waals surface area contributed by atoms with E-state index in [1.807, 2.05) is 37.2 Å². The zero-order valence-electron chi connectivity index (χ0n) is 17.4. The van der Waals surface area contributed by atoms with E-state index in [1.165, 1.54) is 48.8 Å². The lowest BCUT2D eigenvalue weighted by molar-refractivity contribution is -0.136. The highest BCUT2D eigenvalue weighted by molar-refractivity contribution is 7.16. The van der Waals surface area contributed by atoms with Crippen molar-refractivity contribution in [2.24, 2.45) is 5.10 Å². The van der Waals surface area contributed by atoms with Crippen molar-refractivity contribution in [3.8, 4) is 6.07 Å². The van der Waals surface area contributed by atoms with E-state index in [1.54, 1.807) is 6.08 Å². The number of aromatic carboxylic acids is 1. The Hall–Kier alpha value is -4.23. The molecule has 0 saturated carbocycles. The van der Waals surface area contributed by atoms with Gasteiger partial charge in [0.15, 0.2) is 5.71 Å². The van der Waals surface area contributed by atoms with E-state index < -0.39 is 17.8 Å². The van der Waals surface area contributed by atoms with Gasteiger partial charge in [0.1, 0.15) is 6.07 Å². The number of thiophene rings is 1. The van der Waals surface area contributed by atoms with Gasteiger partial charge in [0.05, 0.1) is 34.5 Å². The number of esters is 1. The van der Waals surface area contributed by atoms with Gasteiger partial charge in [-0.2, -0.15) is 15.4 Å². The molecule has 1 N–H and O–H groups in total. The molecular formula is C22H18N4O5S. The molecular weight excluding hydrogens is 432 g/mol. The first kappa shape index (κ1) is 22.5. The SMILES string of the molecule is COC(=O)C(/C=C/c1ccc(N(C)C)s1)=C1/C(=O)N(c2ccc(C(=O)O)cc2)N=C1C#N. The molecule has 1 aliphatic heterocycles. The zero-order valence-corrected chi connectivity index (χ0v) is 18.2. The summed E-state index contributed by atoms with van der Waals surface area (Å²) in [7, 11) is 4.99. The lowest BCUT2D eigenvalue weighted by Gasteiger charge is -2.12. The molecule has 2 aromatic rings. The van der Waals surface area contributed by atoms with Gasteiger partial charge in [0.25, 0.3) is 5.91 Å². The van der Waals surface area contributed by atoms with Crippen LogP contribution < -0.4 is 9.91 Å². The van der Waals surface area contributed by atoms with Crippen molar-refractivity contribution in [2.45, 2.75) is 0 Å². The number of rotatable bonds is 6. The first-order valence-corrected chi connectivity index (χ1v) is 10.0. The maximum absolute atomic E-state index is 13.1. The first-order valence-electron chi connectivity index (χ1n) is 9.21. The Balaban J connectivity index is 2.03. The van der Waals surface area contributed by atoms with Gasteiger partial charge in [0.2, 0.25) is 0 Å². The second-order valence-electron chi connectivity index (χ2n) is 6.71. The maximum Gasteiger partial charge on any atom is 0.338 e. The van der Waals surface area contributed by atoms with E-state index in [0.717, 1.165) is 14.9 Å². The van der Waals surface area contributed by atoms with Gasteiger partial charge >= 0.3 is 11.9 Å². The molecule has 32 heavy (non-hydrogen) atoms. The van der Waals surface area contributed by atoms with Gasteiger partial charge in [-0.25, -0.2) is 9.59 Å². The van der Waals surface area contributed by atoms with Gasteiger partial charge < -0.3 is 14.7 Å². The minimum Gasteiger partial charge on any atom is -0.478 e. The van der Waals surface area contributed by atoms with Crippen LogP contribution in [0.3, 0.4) is 0 Å². The van der Waals surface area contributed by atoms with E-state index in [9.17, 15) is 19.6 Å². The van der Waals surface area contributed by atoms with Crippen molar-refractivity contribution in [1.82, 2.24) is 0 Å². The van der Waals surface area contributed by atoms with E-state index in [4.69, 9.17) is 9.84 Å². The molecule has 2 heterocycles. The van der Waals surface area contributed by atoms with E-state index >= 15 is 0 Å². The van der Waals surface area contributed by atoms with E-state index in [-0.39, 0.29) is 28.1 Å². The summed E-state index contributed by atoms with van der Waals surface area (Å²) < 4.78 is 4.83. The molecule has 0 bridgehead atoms. The molecule has 0 unspecified atom stereocenters. The van der Waals surface area contributed by atoms with Gasteiger partial charge in [-0.1, -0.05) is 0 Å². The van der Waals surface area contributed by atoms with Crippen molar-refractivity contribution < 1.29 is 24.2 Å². The number of hydrazone groups is 1. The normalized spacial score (nSPS) is 14.9. The number of nitrogens with zero attached hydrogens (tertiary/aromatic N) is 4.